The van der Waals surface area contributed by atoms with Gasteiger partial charge in [0, 0.05) is 0 Å². The van der Waals surface area contributed by atoms with Crippen LogP contribution < -0.4 is 0 Å². The van der Waals surface area contributed by atoms with Crippen molar-refractivity contribution in [2.24, 2.45) is 0 Å². The molecule has 18 heavy (non-hydrogen) atoms. The van der Waals surface area contributed by atoms with Gasteiger partial charge in [0.05, 0.1) is 12.2 Å². The summed E-state index contributed by atoms with van der Waals surface area (Å²) in [6.07, 6.45) is 6.70. The molecular weight excluding hydrogens is 224 g/mol. The number of aryl methyl sites for hydroxylation is 1. The fourth-order valence-corrected chi connectivity index (χ4v) is 1.87. The second-order valence-electron chi connectivity index (χ2n) is 4.64. The zero-order valence-corrected chi connectivity index (χ0v) is 11.6. The molecular formula is C16H24O2. The standard InChI is InChI=1S/C16H24O2/c1-3-5-6-7-13-18-16(17)15-11-9-14(8-4-2)10-12-15/h9-12H,3-8,13H2,1-2H3. The van der Waals surface area contributed by atoms with Crippen LogP contribution in [0.2, 0.25) is 0 Å². The second-order valence-corrected chi connectivity index (χ2v) is 4.64. The molecule has 2 heteroatoms. The minimum Gasteiger partial charge on any atom is -0.462 e. The molecule has 0 saturated carbocycles. The molecule has 0 aliphatic carbocycles. The molecule has 1 aromatic carbocycles. The lowest BCUT2D eigenvalue weighted by atomic mass is 10.1. The summed E-state index contributed by atoms with van der Waals surface area (Å²) in [4.78, 5) is 11.7. The van der Waals surface area contributed by atoms with Gasteiger partial charge in [-0.2, -0.15) is 0 Å². The smallest absolute Gasteiger partial charge is 0.338 e. The van der Waals surface area contributed by atoms with E-state index in [1.165, 1.54) is 18.4 Å². The first kappa shape index (κ1) is 14.7. The Bertz CT molecular complexity index is 341. The van der Waals surface area contributed by atoms with E-state index in [9.17, 15) is 4.79 Å². The van der Waals surface area contributed by atoms with Crippen LogP contribution >= 0.6 is 0 Å². The van der Waals surface area contributed by atoms with E-state index in [1.807, 2.05) is 24.3 Å². The minimum absolute atomic E-state index is 0.199. The van der Waals surface area contributed by atoms with Crippen LogP contribution in [0.1, 0.15) is 61.9 Å². The number of hydrogen-bond donors (Lipinski definition) is 0. The second kappa shape index (κ2) is 8.73. The molecule has 0 bridgehead atoms. The molecule has 0 atom stereocenters. The molecule has 0 aliphatic heterocycles. The molecule has 100 valence electrons. The van der Waals surface area contributed by atoms with Gasteiger partial charge >= 0.3 is 5.97 Å². The number of rotatable bonds is 8. The Morgan fingerprint density at radius 2 is 1.72 bits per heavy atom. The number of unbranched alkanes of at least 4 members (excludes halogenated alkanes) is 3. The van der Waals surface area contributed by atoms with E-state index in [2.05, 4.69) is 13.8 Å². The Morgan fingerprint density at radius 1 is 1.00 bits per heavy atom. The van der Waals surface area contributed by atoms with E-state index in [0.717, 1.165) is 25.7 Å². The lowest BCUT2D eigenvalue weighted by molar-refractivity contribution is 0.0498. The van der Waals surface area contributed by atoms with Crippen molar-refractivity contribution in [3.63, 3.8) is 0 Å². The molecule has 0 amide bonds. The molecule has 0 saturated heterocycles. The van der Waals surface area contributed by atoms with Crippen molar-refractivity contribution in [2.75, 3.05) is 6.61 Å². The number of carbonyl (C=O) groups excluding carboxylic acids is 1. The summed E-state index contributed by atoms with van der Waals surface area (Å²) in [5.41, 5.74) is 1.93. The van der Waals surface area contributed by atoms with Gasteiger partial charge in [-0.05, 0) is 30.5 Å². The van der Waals surface area contributed by atoms with Gasteiger partial charge in [-0.25, -0.2) is 4.79 Å². The third kappa shape index (κ3) is 5.35. The molecule has 0 unspecified atom stereocenters. The van der Waals surface area contributed by atoms with E-state index in [1.54, 1.807) is 0 Å². The van der Waals surface area contributed by atoms with Gasteiger partial charge in [0.15, 0.2) is 0 Å². The summed E-state index contributed by atoms with van der Waals surface area (Å²) in [5.74, 6) is -0.199. The van der Waals surface area contributed by atoms with Crippen LogP contribution in [0, 0.1) is 0 Å². The molecule has 0 radical (unpaired) electrons. The van der Waals surface area contributed by atoms with Crippen LogP contribution in [0.15, 0.2) is 24.3 Å². The molecule has 0 fully saturated rings. The van der Waals surface area contributed by atoms with E-state index in [0.29, 0.717) is 12.2 Å². The van der Waals surface area contributed by atoms with Crippen LogP contribution in [0.4, 0.5) is 0 Å². The van der Waals surface area contributed by atoms with Gasteiger partial charge in [0.2, 0.25) is 0 Å². The van der Waals surface area contributed by atoms with Crippen molar-refractivity contribution in [2.45, 2.75) is 52.4 Å². The summed E-state index contributed by atoms with van der Waals surface area (Å²) >= 11 is 0. The first-order valence-electron chi connectivity index (χ1n) is 7.04. The van der Waals surface area contributed by atoms with Crippen LogP contribution in [-0.4, -0.2) is 12.6 Å². The number of ether oxygens (including phenoxy) is 1. The van der Waals surface area contributed by atoms with E-state index >= 15 is 0 Å². The summed E-state index contributed by atoms with van der Waals surface area (Å²) in [6, 6.07) is 7.74. The lowest BCUT2D eigenvalue weighted by Crippen LogP contribution is -2.06. The van der Waals surface area contributed by atoms with Gasteiger partial charge in [-0.3, -0.25) is 0 Å². The Kier molecular flexibility index (Phi) is 7.16. The van der Waals surface area contributed by atoms with E-state index < -0.39 is 0 Å². The Labute approximate surface area is 110 Å². The predicted octanol–water partition coefficient (Wildman–Crippen LogP) is 4.38. The van der Waals surface area contributed by atoms with Crippen molar-refractivity contribution in [1.82, 2.24) is 0 Å². The largest absolute Gasteiger partial charge is 0.462 e. The van der Waals surface area contributed by atoms with Crippen molar-refractivity contribution in [3.8, 4) is 0 Å². The topological polar surface area (TPSA) is 26.3 Å². The summed E-state index contributed by atoms with van der Waals surface area (Å²) < 4.78 is 5.24. The number of esters is 1. The van der Waals surface area contributed by atoms with E-state index in [-0.39, 0.29) is 5.97 Å². The van der Waals surface area contributed by atoms with Crippen molar-refractivity contribution in [3.05, 3.63) is 35.4 Å². The first-order chi connectivity index (χ1) is 8.77. The SMILES string of the molecule is CCCCCCOC(=O)c1ccc(CCC)cc1. The Hall–Kier alpha value is -1.31. The maximum Gasteiger partial charge on any atom is 0.338 e. The minimum atomic E-state index is -0.199. The van der Waals surface area contributed by atoms with Crippen LogP contribution in [0.5, 0.6) is 0 Å². The van der Waals surface area contributed by atoms with Crippen LogP contribution in [0.25, 0.3) is 0 Å². The zero-order valence-electron chi connectivity index (χ0n) is 11.6. The van der Waals surface area contributed by atoms with Crippen molar-refractivity contribution in [1.29, 1.82) is 0 Å². The molecule has 0 aliphatic rings. The Morgan fingerprint density at radius 3 is 2.33 bits per heavy atom. The lowest BCUT2D eigenvalue weighted by Gasteiger charge is -2.05. The molecule has 0 N–H and O–H groups in total. The molecule has 1 rings (SSSR count). The normalized spacial score (nSPS) is 10.3. The fourth-order valence-electron chi connectivity index (χ4n) is 1.87. The Balaban J connectivity index is 2.32. The highest BCUT2D eigenvalue weighted by molar-refractivity contribution is 5.89. The highest BCUT2D eigenvalue weighted by Crippen LogP contribution is 2.08. The summed E-state index contributed by atoms with van der Waals surface area (Å²) in [5, 5.41) is 0. The van der Waals surface area contributed by atoms with Gasteiger partial charge < -0.3 is 4.74 Å². The predicted molar refractivity (Wildman–Crippen MR) is 74.9 cm³/mol. The quantitative estimate of drug-likeness (QED) is 0.504. The first-order valence-corrected chi connectivity index (χ1v) is 7.04. The monoisotopic (exact) mass is 248 g/mol. The molecule has 0 aromatic heterocycles. The summed E-state index contributed by atoms with van der Waals surface area (Å²) in [7, 11) is 0. The van der Waals surface area contributed by atoms with Crippen LogP contribution in [-0.2, 0) is 11.2 Å². The number of benzene rings is 1. The fraction of sp³-hybridized carbons (Fsp3) is 0.562. The van der Waals surface area contributed by atoms with Crippen LogP contribution in [0.3, 0.4) is 0 Å². The van der Waals surface area contributed by atoms with Crippen molar-refractivity contribution < 1.29 is 9.53 Å². The van der Waals surface area contributed by atoms with E-state index in [4.69, 9.17) is 4.74 Å². The molecule has 1 aromatic rings. The number of hydrogen-bond acceptors (Lipinski definition) is 2. The average Bonchev–Trinajstić information content (AvgIpc) is 2.39. The maximum atomic E-state index is 11.7. The highest BCUT2D eigenvalue weighted by atomic mass is 16.5. The zero-order chi connectivity index (χ0) is 13.2. The third-order valence-electron chi connectivity index (χ3n) is 2.96. The third-order valence-corrected chi connectivity index (χ3v) is 2.96. The van der Waals surface area contributed by atoms with Gasteiger partial charge in [-0.15, -0.1) is 0 Å². The molecule has 2 nitrogen and oxygen atoms in total. The van der Waals surface area contributed by atoms with Gasteiger partial charge in [0.1, 0.15) is 0 Å². The number of carbonyl (C=O) groups is 1. The molecule has 0 spiro atoms. The summed E-state index contributed by atoms with van der Waals surface area (Å²) in [6.45, 7) is 4.86. The molecule has 0 heterocycles. The highest BCUT2D eigenvalue weighted by Gasteiger charge is 2.06. The average molecular weight is 248 g/mol. The van der Waals surface area contributed by atoms with Gasteiger partial charge in [0.25, 0.3) is 0 Å². The van der Waals surface area contributed by atoms with Gasteiger partial charge in [-0.1, -0.05) is 51.7 Å². The maximum absolute atomic E-state index is 11.7. The van der Waals surface area contributed by atoms with Crippen molar-refractivity contribution >= 4 is 5.97 Å².